The van der Waals surface area contributed by atoms with Gasteiger partial charge in [0.1, 0.15) is 0 Å². The Hall–Kier alpha value is -1.25. The van der Waals surface area contributed by atoms with Gasteiger partial charge in [0, 0.05) is 6.20 Å². The molecule has 1 N–H and O–H groups in total. The zero-order chi connectivity index (χ0) is 10.1. The minimum absolute atomic E-state index is 0.570. The lowest BCUT2D eigenvalue weighted by atomic mass is 10.4. The molecule has 13 heavy (non-hydrogen) atoms. The maximum atomic E-state index is 5.12. The van der Waals surface area contributed by atoms with Gasteiger partial charge in [-0.15, -0.1) is 0 Å². The Labute approximate surface area is 80.1 Å². The van der Waals surface area contributed by atoms with Crippen LogP contribution in [0.2, 0.25) is 0 Å². The highest BCUT2D eigenvalue weighted by atomic mass is 16.5. The summed E-state index contributed by atoms with van der Waals surface area (Å²) in [4.78, 5) is 3.89. The molecular weight excluding hydrogens is 164 g/mol. The summed E-state index contributed by atoms with van der Waals surface area (Å²) in [5, 5.41) is 3.04. The number of hydrogen-bond acceptors (Lipinski definition) is 3. The van der Waals surface area contributed by atoms with Gasteiger partial charge in [0.05, 0.1) is 11.9 Å². The van der Waals surface area contributed by atoms with Gasteiger partial charge >= 0.3 is 0 Å². The Kier molecular flexibility index (Phi) is 6.69. The highest BCUT2D eigenvalue weighted by molar-refractivity contribution is 5.56. The van der Waals surface area contributed by atoms with Crippen LogP contribution in [-0.2, 0) is 0 Å². The second-order valence-electron chi connectivity index (χ2n) is 1.84. The molecule has 0 atom stereocenters. The van der Waals surface area contributed by atoms with Crippen molar-refractivity contribution in [1.29, 1.82) is 0 Å². The van der Waals surface area contributed by atoms with E-state index in [2.05, 4.69) is 10.3 Å². The number of nitrogens with zero attached hydrogens (tertiary/aromatic N) is 1. The lowest BCUT2D eigenvalue weighted by Crippen LogP contribution is -1.96. The van der Waals surface area contributed by atoms with Crippen molar-refractivity contribution in [3.8, 4) is 5.75 Å². The number of nitrogens with one attached hydrogen (secondary N) is 1. The third-order valence-corrected chi connectivity index (χ3v) is 1.27. The fourth-order valence-corrected chi connectivity index (χ4v) is 0.833. The third-order valence-electron chi connectivity index (χ3n) is 1.27. The second-order valence-corrected chi connectivity index (χ2v) is 1.84. The SMILES string of the molecule is CC.CC.c1cc2c(cn1)OCN2. The molecule has 0 radical (unpaired) electrons. The Morgan fingerprint density at radius 1 is 1.31 bits per heavy atom. The summed E-state index contributed by atoms with van der Waals surface area (Å²) in [6.45, 7) is 8.57. The van der Waals surface area contributed by atoms with Crippen LogP contribution in [0, 0.1) is 0 Å². The van der Waals surface area contributed by atoms with E-state index >= 15 is 0 Å². The predicted octanol–water partition coefficient (Wildman–Crippen LogP) is 2.90. The van der Waals surface area contributed by atoms with E-state index in [1.807, 2.05) is 33.8 Å². The average molecular weight is 182 g/mol. The van der Waals surface area contributed by atoms with Crippen LogP contribution in [0.4, 0.5) is 5.69 Å². The first kappa shape index (κ1) is 11.8. The zero-order valence-electron chi connectivity index (χ0n) is 8.79. The minimum atomic E-state index is 0.570. The lowest BCUT2D eigenvalue weighted by molar-refractivity contribution is 0.371. The molecule has 2 rings (SSSR count). The smallest absolute Gasteiger partial charge is 0.163 e. The first-order valence-corrected chi connectivity index (χ1v) is 4.77. The van der Waals surface area contributed by atoms with E-state index in [0.29, 0.717) is 6.73 Å². The van der Waals surface area contributed by atoms with Crippen LogP contribution in [0.15, 0.2) is 18.5 Å². The number of hydrogen-bond donors (Lipinski definition) is 1. The number of fused-ring (bicyclic) bond motifs is 1. The topological polar surface area (TPSA) is 34.1 Å². The average Bonchev–Trinajstić information content (AvgIpc) is 2.71. The van der Waals surface area contributed by atoms with Gasteiger partial charge in [-0.05, 0) is 6.07 Å². The van der Waals surface area contributed by atoms with Crippen LogP contribution >= 0.6 is 0 Å². The van der Waals surface area contributed by atoms with Gasteiger partial charge in [-0.3, -0.25) is 4.98 Å². The molecule has 1 aliphatic heterocycles. The van der Waals surface area contributed by atoms with Crippen LogP contribution < -0.4 is 10.1 Å². The van der Waals surface area contributed by atoms with Crippen LogP contribution in [0.25, 0.3) is 0 Å². The number of anilines is 1. The van der Waals surface area contributed by atoms with Crippen molar-refractivity contribution >= 4 is 5.69 Å². The van der Waals surface area contributed by atoms with E-state index in [1.165, 1.54) is 0 Å². The van der Waals surface area contributed by atoms with Gasteiger partial charge in [-0.25, -0.2) is 0 Å². The molecule has 0 amide bonds. The molecule has 74 valence electrons. The van der Waals surface area contributed by atoms with Crippen LogP contribution in [0.3, 0.4) is 0 Å². The highest BCUT2D eigenvalue weighted by Gasteiger charge is 2.07. The van der Waals surface area contributed by atoms with Gasteiger partial charge in [0.15, 0.2) is 12.5 Å². The lowest BCUT2D eigenvalue weighted by Gasteiger charge is -1.90. The molecule has 0 aliphatic carbocycles. The summed E-state index contributed by atoms with van der Waals surface area (Å²) in [7, 11) is 0. The molecule has 1 aliphatic rings. The Morgan fingerprint density at radius 2 is 2.00 bits per heavy atom. The quantitative estimate of drug-likeness (QED) is 0.670. The van der Waals surface area contributed by atoms with E-state index in [4.69, 9.17) is 4.74 Å². The van der Waals surface area contributed by atoms with Gasteiger partial charge in [-0.2, -0.15) is 0 Å². The van der Waals surface area contributed by atoms with Crippen LogP contribution in [0.1, 0.15) is 27.7 Å². The van der Waals surface area contributed by atoms with Gasteiger partial charge in [-0.1, -0.05) is 27.7 Å². The van der Waals surface area contributed by atoms with Gasteiger partial charge in [0.25, 0.3) is 0 Å². The molecule has 0 spiro atoms. The Bertz CT molecular complexity index is 203. The van der Waals surface area contributed by atoms with E-state index in [-0.39, 0.29) is 0 Å². The summed E-state index contributed by atoms with van der Waals surface area (Å²) < 4.78 is 5.12. The van der Waals surface area contributed by atoms with E-state index in [9.17, 15) is 0 Å². The summed E-state index contributed by atoms with van der Waals surface area (Å²) in [5.41, 5.74) is 1.03. The number of pyridine rings is 1. The van der Waals surface area contributed by atoms with Crippen LogP contribution in [0.5, 0.6) is 5.75 Å². The van der Waals surface area contributed by atoms with Crippen molar-refractivity contribution in [2.24, 2.45) is 0 Å². The molecular formula is C10H18N2O. The number of rotatable bonds is 0. The molecule has 3 nitrogen and oxygen atoms in total. The largest absolute Gasteiger partial charge is 0.470 e. The summed E-state index contributed by atoms with van der Waals surface area (Å²) in [6, 6.07) is 1.89. The van der Waals surface area contributed by atoms with Crippen LogP contribution in [-0.4, -0.2) is 11.7 Å². The first-order valence-electron chi connectivity index (χ1n) is 4.77. The molecule has 2 heterocycles. The second kappa shape index (κ2) is 7.40. The molecule has 0 fully saturated rings. The molecule has 1 aromatic heterocycles. The summed E-state index contributed by atoms with van der Waals surface area (Å²) >= 11 is 0. The molecule has 0 bridgehead atoms. The molecule has 3 heteroatoms. The maximum Gasteiger partial charge on any atom is 0.163 e. The molecule has 0 saturated heterocycles. The molecule has 1 aromatic rings. The summed E-state index contributed by atoms with van der Waals surface area (Å²) in [5.74, 6) is 0.845. The summed E-state index contributed by atoms with van der Waals surface area (Å²) in [6.07, 6.45) is 3.44. The fourth-order valence-electron chi connectivity index (χ4n) is 0.833. The zero-order valence-corrected chi connectivity index (χ0v) is 8.79. The first-order chi connectivity index (χ1) is 6.47. The van der Waals surface area contributed by atoms with Gasteiger partial charge < -0.3 is 10.1 Å². The van der Waals surface area contributed by atoms with Crippen molar-refractivity contribution in [3.05, 3.63) is 18.5 Å². The predicted molar refractivity (Wildman–Crippen MR) is 56.1 cm³/mol. The normalized spacial score (nSPS) is 10.5. The number of aromatic nitrogens is 1. The Balaban J connectivity index is 0.000000322. The monoisotopic (exact) mass is 182 g/mol. The minimum Gasteiger partial charge on any atom is -0.470 e. The standard InChI is InChI=1S/C6H6N2O.2C2H6/c1-2-7-3-6-5(1)8-4-9-6;2*1-2/h1-3,8H,4H2;2*1-2H3. The number of ether oxygens (including phenoxy) is 1. The molecule has 0 unspecified atom stereocenters. The van der Waals surface area contributed by atoms with Gasteiger partial charge in [0.2, 0.25) is 0 Å². The van der Waals surface area contributed by atoms with Crippen molar-refractivity contribution in [1.82, 2.24) is 4.98 Å². The molecule has 0 saturated carbocycles. The highest BCUT2D eigenvalue weighted by Crippen LogP contribution is 2.25. The van der Waals surface area contributed by atoms with Crippen molar-refractivity contribution < 1.29 is 4.74 Å². The van der Waals surface area contributed by atoms with Crippen molar-refractivity contribution in [2.45, 2.75) is 27.7 Å². The van der Waals surface area contributed by atoms with Crippen molar-refractivity contribution in [3.63, 3.8) is 0 Å². The third kappa shape index (κ3) is 3.32. The van der Waals surface area contributed by atoms with E-state index in [0.717, 1.165) is 11.4 Å². The Morgan fingerprint density at radius 3 is 2.62 bits per heavy atom. The fraction of sp³-hybridized carbons (Fsp3) is 0.500. The van der Waals surface area contributed by atoms with Crippen molar-refractivity contribution in [2.75, 3.05) is 12.0 Å². The van der Waals surface area contributed by atoms with E-state index in [1.54, 1.807) is 12.4 Å². The van der Waals surface area contributed by atoms with E-state index < -0.39 is 0 Å². The molecule has 0 aromatic carbocycles. The maximum absolute atomic E-state index is 5.12.